The van der Waals surface area contributed by atoms with Crippen LogP contribution < -0.4 is 20.3 Å². The Hall–Kier alpha value is -3.02. The monoisotopic (exact) mass is 447 g/mol. The van der Waals surface area contributed by atoms with Gasteiger partial charge in [0.2, 0.25) is 21.8 Å². The molecule has 31 heavy (non-hydrogen) atoms. The van der Waals surface area contributed by atoms with Crippen LogP contribution in [0.4, 0.5) is 11.5 Å². The number of amides is 2. The second-order valence-electron chi connectivity index (χ2n) is 6.97. The van der Waals surface area contributed by atoms with E-state index in [0.717, 1.165) is 24.5 Å². The van der Waals surface area contributed by atoms with E-state index in [1.54, 1.807) is 30.5 Å². The van der Waals surface area contributed by atoms with Crippen molar-refractivity contribution in [2.75, 3.05) is 49.6 Å². The van der Waals surface area contributed by atoms with Gasteiger partial charge < -0.3 is 20.3 Å². The number of sulfonamides is 1. The van der Waals surface area contributed by atoms with E-state index in [1.807, 2.05) is 6.92 Å². The molecule has 3 N–H and O–H groups in total. The number of hydrogen-bond donors (Lipinski definition) is 3. The summed E-state index contributed by atoms with van der Waals surface area (Å²) in [5, 5.41) is 5.01. The molecule has 1 aliphatic rings. The molecule has 3 rings (SSSR count). The smallest absolute Gasteiger partial charge is 0.243 e. The Kier molecular flexibility index (Phi) is 7.55. The molecule has 1 aromatic carbocycles. The van der Waals surface area contributed by atoms with E-state index in [1.165, 1.54) is 12.1 Å². The molecule has 0 unspecified atom stereocenters. The molecule has 10 nitrogen and oxygen atoms in total. The number of carbonyl (C=O) groups excluding carboxylic acids is 2. The van der Waals surface area contributed by atoms with Gasteiger partial charge in [-0.05, 0) is 31.2 Å². The fourth-order valence-corrected chi connectivity index (χ4v) is 3.83. The van der Waals surface area contributed by atoms with Crippen molar-refractivity contribution >= 4 is 33.3 Å². The molecule has 2 aromatic rings. The standard InChI is InChI=1S/C20H25N5O5S/c1-15-2-5-17(6-3-15)31(28,29)23-14-19(26)22-13-20(27)24-16-4-7-18(21-12-16)25-8-10-30-11-9-25/h2-7,12,23H,8-11,13-14H2,1H3,(H,22,26)(H,24,27). The number of aromatic nitrogens is 1. The lowest BCUT2D eigenvalue weighted by Gasteiger charge is -2.27. The molecule has 166 valence electrons. The number of ether oxygens (including phenoxy) is 1. The minimum Gasteiger partial charge on any atom is -0.378 e. The fourth-order valence-electron chi connectivity index (χ4n) is 2.85. The second kappa shape index (κ2) is 10.3. The number of pyridine rings is 1. The van der Waals surface area contributed by atoms with Crippen molar-refractivity contribution in [2.45, 2.75) is 11.8 Å². The number of morpholine rings is 1. The zero-order valence-electron chi connectivity index (χ0n) is 17.1. The van der Waals surface area contributed by atoms with Crippen LogP contribution in [0.2, 0.25) is 0 Å². The predicted octanol–water partition coefficient (Wildman–Crippen LogP) is 0.260. The van der Waals surface area contributed by atoms with Gasteiger partial charge in [0.05, 0.1) is 43.1 Å². The SMILES string of the molecule is Cc1ccc(S(=O)(=O)NCC(=O)NCC(=O)Nc2ccc(N3CCOCC3)nc2)cc1. The number of anilines is 2. The topological polar surface area (TPSA) is 130 Å². The lowest BCUT2D eigenvalue weighted by Crippen LogP contribution is -2.40. The third-order valence-corrected chi connectivity index (χ3v) is 5.98. The predicted molar refractivity (Wildman–Crippen MR) is 115 cm³/mol. The number of carbonyl (C=O) groups is 2. The Morgan fingerprint density at radius 3 is 2.39 bits per heavy atom. The van der Waals surface area contributed by atoms with Crippen LogP contribution in [-0.4, -0.2) is 64.6 Å². The van der Waals surface area contributed by atoms with Crippen LogP contribution in [0, 0.1) is 6.92 Å². The molecule has 1 aliphatic heterocycles. The molecular formula is C20H25N5O5S. The average Bonchev–Trinajstić information content (AvgIpc) is 2.78. The van der Waals surface area contributed by atoms with Gasteiger partial charge in [-0.25, -0.2) is 18.1 Å². The van der Waals surface area contributed by atoms with Crippen molar-refractivity contribution < 1.29 is 22.7 Å². The van der Waals surface area contributed by atoms with Crippen molar-refractivity contribution in [1.82, 2.24) is 15.0 Å². The average molecular weight is 448 g/mol. The van der Waals surface area contributed by atoms with Gasteiger partial charge >= 0.3 is 0 Å². The first-order valence-electron chi connectivity index (χ1n) is 9.75. The number of benzene rings is 1. The maximum absolute atomic E-state index is 12.2. The summed E-state index contributed by atoms with van der Waals surface area (Å²) in [5.74, 6) is -0.266. The molecule has 0 saturated carbocycles. The van der Waals surface area contributed by atoms with Crippen molar-refractivity contribution in [3.63, 3.8) is 0 Å². The van der Waals surface area contributed by atoms with Gasteiger partial charge in [0.15, 0.2) is 0 Å². The van der Waals surface area contributed by atoms with Gasteiger partial charge in [0, 0.05) is 13.1 Å². The highest BCUT2D eigenvalue weighted by Crippen LogP contribution is 2.15. The molecule has 0 aliphatic carbocycles. The van der Waals surface area contributed by atoms with Crippen LogP contribution in [0.15, 0.2) is 47.5 Å². The highest BCUT2D eigenvalue weighted by atomic mass is 32.2. The largest absolute Gasteiger partial charge is 0.378 e. The normalized spacial score (nSPS) is 14.2. The molecule has 1 saturated heterocycles. The first-order chi connectivity index (χ1) is 14.8. The number of rotatable bonds is 8. The van der Waals surface area contributed by atoms with E-state index < -0.39 is 28.4 Å². The Balaban J connectivity index is 1.41. The first kappa shape index (κ1) is 22.7. The van der Waals surface area contributed by atoms with Crippen molar-refractivity contribution in [3.8, 4) is 0 Å². The third-order valence-electron chi connectivity index (χ3n) is 4.57. The minimum absolute atomic E-state index is 0.0664. The maximum Gasteiger partial charge on any atom is 0.243 e. The summed E-state index contributed by atoms with van der Waals surface area (Å²) < 4.78 is 31.9. The first-order valence-corrected chi connectivity index (χ1v) is 11.2. The molecule has 2 heterocycles. The number of aryl methyl sites for hydroxylation is 1. The summed E-state index contributed by atoms with van der Waals surface area (Å²) in [7, 11) is -3.80. The van der Waals surface area contributed by atoms with Crippen LogP contribution in [0.1, 0.15) is 5.56 Å². The van der Waals surface area contributed by atoms with Crippen LogP contribution in [0.25, 0.3) is 0 Å². The van der Waals surface area contributed by atoms with Crippen molar-refractivity contribution in [2.24, 2.45) is 0 Å². The van der Waals surface area contributed by atoms with Gasteiger partial charge in [-0.15, -0.1) is 0 Å². The molecule has 0 atom stereocenters. The van der Waals surface area contributed by atoms with Crippen LogP contribution in [-0.2, 0) is 24.3 Å². The zero-order chi connectivity index (χ0) is 22.3. The van der Waals surface area contributed by atoms with Crippen molar-refractivity contribution in [3.05, 3.63) is 48.2 Å². The van der Waals surface area contributed by atoms with E-state index in [0.29, 0.717) is 18.9 Å². The Morgan fingerprint density at radius 2 is 1.74 bits per heavy atom. The summed E-state index contributed by atoms with van der Waals surface area (Å²) in [6.07, 6.45) is 1.54. The van der Waals surface area contributed by atoms with Gasteiger partial charge in [-0.1, -0.05) is 17.7 Å². The lowest BCUT2D eigenvalue weighted by molar-refractivity contribution is -0.123. The summed E-state index contributed by atoms with van der Waals surface area (Å²) in [5.41, 5.74) is 1.42. The van der Waals surface area contributed by atoms with Gasteiger partial charge in [0.25, 0.3) is 0 Å². The molecule has 0 radical (unpaired) electrons. The molecule has 2 amide bonds. The maximum atomic E-state index is 12.2. The van der Waals surface area contributed by atoms with Crippen LogP contribution in [0.5, 0.6) is 0 Å². The van der Waals surface area contributed by atoms with E-state index >= 15 is 0 Å². The summed E-state index contributed by atoms with van der Waals surface area (Å²) in [6.45, 7) is 3.91. The summed E-state index contributed by atoms with van der Waals surface area (Å²) in [4.78, 5) is 30.4. The van der Waals surface area contributed by atoms with E-state index in [-0.39, 0.29) is 11.4 Å². The van der Waals surface area contributed by atoms with Gasteiger partial charge in [-0.3, -0.25) is 9.59 Å². The molecule has 1 aromatic heterocycles. The molecule has 0 spiro atoms. The van der Waals surface area contributed by atoms with E-state index in [2.05, 4.69) is 25.2 Å². The number of nitrogens with one attached hydrogen (secondary N) is 3. The lowest BCUT2D eigenvalue weighted by atomic mass is 10.2. The molecule has 0 bridgehead atoms. The number of nitrogens with zero attached hydrogens (tertiary/aromatic N) is 2. The van der Waals surface area contributed by atoms with E-state index in [4.69, 9.17) is 4.74 Å². The Labute approximate surface area is 181 Å². The van der Waals surface area contributed by atoms with Crippen LogP contribution in [0.3, 0.4) is 0 Å². The second-order valence-corrected chi connectivity index (χ2v) is 8.73. The molecule has 1 fully saturated rings. The summed E-state index contributed by atoms with van der Waals surface area (Å²) in [6, 6.07) is 9.79. The molecular weight excluding hydrogens is 422 g/mol. The number of hydrogen-bond acceptors (Lipinski definition) is 7. The minimum atomic E-state index is -3.80. The van der Waals surface area contributed by atoms with Gasteiger partial charge in [0.1, 0.15) is 5.82 Å². The Morgan fingerprint density at radius 1 is 1.03 bits per heavy atom. The highest BCUT2D eigenvalue weighted by Gasteiger charge is 2.16. The fraction of sp³-hybridized carbons (Fsp3) is 0.350. The van der Waals surface area contributed by atoms with Crippen molar-refractivity contribution in [1.29, 1.82) is 0 Å². The third kappa shape index (κ3) is 6.74. The van der Waals surface area contributed by atoms with E-state index in [9.17, 15) is 18.0 Å². The quantitative estimate of drug-likeness (QED) is 0.529. The van der Waals surface area contributed by atoms with Crippen LogP contribution >= 0.6 is 0 Å². The highest BCUT2D eigenvalue weighted by molar-refractivity contribution is 7.89. The summed E-state index contributed by atoms with van der Waals surface area (Å²) >= 11 is 0. The molecule has 11 heteroatoms. The Bertz CT molecular complexity index is 1000. The zero-order valence-corrected chi connectivity index (χ0v) is 17.9. The van der Waals surface area contributed by atoms with Gasteiger partial charge in [-0.2, -0.15) is 0 Å².